The zero-order chi connectivity index (χ0) is 24.5. The lowest BCUT2D eigenvalue weighted by atomic mass is 10.1. The zero-order valence-electron chi connectivity index (χ0n) is 19.5. The number of benzene rings is 1. The van der Waals surface area contributed by atoms with E-state index >= 15 is 0 Å². The first-order valence-electron chi connectivity index (χ1n) is 11.6. The quantitative estimate of drug-likeness (QED) is 0.366. The molecule has 182 valence electrons. The third kappa shape index (κ3) is 5.21. The predicted octanol–water partition coefficient (Wildman–Crippen LogP) is 4.42. The third-order valence-electron chi connectivity index (χ3n) is 6.29. The lowest BCUT2D eigenvalue weighted by Gasteiger charge is -2.16. The molecule has 1 aromatic carbocycles. The number of hydrogen-bond acceptors (Lipinski definition) is 6. The number of carbonyl (C=O) groups is 1. The maximum Gasteiger partial charge on any atom is 0.222 e. The Morgan fingerprint density at radius 1 is 1.31 bits per heavy atom. The molecule has 0 saturated carbocycles. The van der Waals surface area contributed by atoms with E-state index in [0.717, 1.165) is 52.7 Å². The van der Waals surface area contributed by atoms with Crippen molar-refractivity contribution in [3.05, 3.63) is 75.9 Å². The lowest BCUT2D eigenvalue weighted by Crippen LogP contribution is -2.26. The molecule has 0 aliphatic carbocycles. The maximum absolute atomic E-state index is 11.8. The number of nitrogens with zero attached hydrogens (tertiary/aromatic N) is 3. The maximum atomic E-state index is 11.8. The SMILES string of the molecule is C[C@@H](Oc1cc(-c2cnc3ccc(CN4CC[C@@H](N)C4)cn23)sc1CC(N)=O)c1ccccc1Cl. The van der Waals surface area contributed by atoms with Gasteiger partial charge < -0.3 is 16.2 Å². The molecular formula is C26H28ClN5O2S. The summed E-state index contributed by atoms with van der Waals surface area (Å²) in [5.41, 5.74) is 15.5. The number of nitrogens with two attached hydrogens (primary N) is 2. The minimum absolute atomic E-state index is 0.104. The number of fused-ring (bicyclic) bond motifs is 1. The van der Waals surface area contributed by atoms with E-state index in [9.17, 15) is 4.79 Å². The summed E-state index contributed by atoms with van der Waals surface area (Å²) in [6, 6.07) is 14.0. The fraction of sp³-hybridized carbons (Fsp3) is 0.308. The van der Waals surface area contributed by atoms with E-state index in [4.69, 9.17) is 27.8 Å². The van der Waals surface area contributed by atoms with Gasteiger partial charge in [-0.25, -0.2) is 4.98 Å². The molecule has 7 nitrogen and oxygen atoms in total. The van der Waals surface area contributed by atoms with E-state index in [2.05, 4.69) is 26.5 Å². The first kappa shape index (κ1) is 23.8. The fourth-order valence-electron chi connectivity index (χ4n) is 4.54. The number of rotatable bonds is 8. The molecule has 1 aliphatic rings. The van der Waals surface area contributed by atoms with Crippen molar-refractivity contribution < 1.29 is 9.53 Å². The number of thiophene rings is 1. The van der Waals surface area contributed by atoms with Gasteiger partial charge in [-0.3, -0.25) is 14.1 Å². The first-order chi connectivity index (χ1) is 16.9. The van der Waals surface area contributed by atoms with Gasteiger partial charge in [0.15, 0.2) is 0 Å². The van der Waals surface area contributed by atoms with Crippen molar-refractivity contribution in [3.63, 3.8) is 0 Å². The fourth-order valence-corrected chi connectivity index (χ4v) is 5.94. The smallest absolute Gasteiger partial charge is 0.222 e. The molecule has 4 aromatic rings. The largest absolute Gasteiger partial charge is 0.485 e. The highest BCUT2D eigenvalue weighted by molar-refractivity contribution is 7.15. The molecule has 0 radical (unpaired) electrons. The number of hydrogen-bond donors (Lipinski definition) is 2. The minimum atomic E-state index is -0.405. The molecule has 1 aliphatic heterocycles. The predicted molar refractivity (Wildman–Crippen MR) is 140 cm³/mol. The van der Waals surface area contributed by atoms with E-state index in [1.54, 1.807) is 0 Å². The molecule has 3 aromatic heterocycles. The molecular weight excluding hydrogens is 482 g/mol. The van der Waals surface area contributed by atoms with Crippen LogP contribution in [0.1, 0.15) is 35.5 Å². The Labute approximate surface area is 213 Å². The number of primary amides is 1. The van der Waals surface area contributed by atoms with Crippen molar-refractivity contribution in [1.82, 2.24) is 14.3 Å². The van der Waals surface area contributed by atoms with Gasteiger partial charge in [-0.05, 0) is 31.0 Å². The van der Waals surface area contributed by atoms with Crippen LogP contribution in [-0.2, 0) is 17.8 Å². The summed E-state index contributed by atoms with van der Waals surface area (Å²) in [5, 5.41) is 0.639. The summed E-state index contributed by atoms with van der Waals surface area (Å²) < 4.78 is 8.39. The highest BCUT2D eigenvalue weighted by atomic mass is 35.5. The van der Waals surface area contributed by atoms with Crippen LogP contribution >= 0.6 is 22.9 Å². The summed E-state index contributed by atoms with van der Waals surface area (Å²) in [6.07, 6.45) is 4.82. The first-order valence-corrected chi connectivity index (χ1v) is 12.8. The summed E-state index contributed by atoms with van der Waals surface area (Å²) in [5.74, 6) is 0.228. The van der Waals surface area contributed by atoms with E-state index in [0.29, 0.717) is 10.8 Å². The van der Waals surface area contributed by atoms with Gasteiger partial charge in [0.05, 0.1) is 28.1 Å². The van der Waals surface area contributed by atoms with E-state index in [1.807, 2.05) is 49.5 Å². The van der Waals surface area contributed by atoms with Crippen LogP contribution in [0.3, 0.4) is 0 Å². The highest BCUT2D eigenvalue weighted by Gasteiger charge is 2.21. The zero-order valence-corrected chi connectivity index (χ0v) is 21.1. The van der Waals surface area contributed by atoms with Crippen LogP contribution in [0.15, 0.2) is 54.9 Å². The Morgan fingerprint density at radius 2 is 2.14 bits per heavy atom. The molecule has 35 heavy (non-hydrogen) atoms. The molecule has 4 N–H and O–H groups in total. The van der Waals surface area contributed by atoms with Crippen LogP contribution in [0.25, 0.3) is 16.2 Å². The van der Waals surface area contributed by atoms with Crippen molar-refractivity contribution >= 4 is 34.5 Å². The number of likely N-dealkylation sites (tertiary alicyclic amines) is 1. The van der Waals surface area contributed by atoms with Crippen molar-refractivity contribution in [1.29, 1.82) is 0 Å². The number of ether oxygens (including phenoxy) is 1. The van der Waals surface area contributed by atoms with Gasteiger partial charge in [0.2, 0.25) is 5.91 Å². The average molecular weight is 510 g/mol. The average Bonchev–Trinajstić information content (AvgIpc) is 3.52. The second kappa shape index (κ2) is 9.99. The van der Waals surface area contributed by atoms with Crippen LogP contribution in [0.2, 0.25) is 5.02 Å². The normalized spacial score (nSPS) is 17.2. The van der Waals surface area contributed by atoms with Crippen molar-refractivity contribution in [2.45, 2.75) is 38.5 Å². The Morgan fingerprint density at radius 3 is 2.89 bits per heavy atom. The number of aromatic nitrogens is 2. The lowest BCUT2D eigenvalue weighted by molar-refractivity contribution is -0.117. The van der Waals surface area contributed by atoms with Gasteiger partial charge in [0.1, 0.15) is 17.5 Å². The number of imidazole rings is 1. The number of carbonyl (C=O) groups excluding carboxylic acids is 1. The molecule has 0 bridgehead atoms. The van der Waals surface area contributed by atoms with Crippen LogP contribution in [0, 0.1) is 0 Å². The summed E-state index contributed by atoms with van der Waals surface area (Å²) in [4.78, 5) is 20.5. The van der Waals surface area contributed by atoms with Crippen LogP contribution in [0.4, 0.5) is 0 Å². The number of pyridine rings is 1. The van der Waals surface area contributed by atoms with Crippen LogP contribution in [-0.4, -0.2) is 39.3 Å². The van der Waals surface area contributed by atoms with Gasteiger partial charge in [-0.1, -0.05) is 35.9 Å². The molecule has 9 heteroatoms. The van der Waals surface area contributed by atoms with Gasteiger partial charge in [0, 0.05) is 48.5 Å². The van der Waals surface area contributed by atoms with Gasteiger partial charge in [-0.2, -0.15) is 0 Å². The Hall–Kier alpha value is -2.91. The van der Waals surface area contributed by atoms with Crippen molar-refractivity contribution in [2.75, 3.05) is 13.1 Å². The van der Waals surface area contributed by atoms with Crippen LogP contribution < -0.4 is 16.2 Å². The van der Waals surface area contributed by atoms with Crippen LogP contribution in [0.5, 0.6) is 5.75 Å². The van der Waals surface area contributed by atoms with Gasteiger partial charge in [0.25, 0.3) is 0 Å². The second-order valence-corrected chi connectivity index (χ2v) is 10.6. The molecule has 1 saturated heterocycles. The van der Waals surface area contributed by atoms with Gasteiger partial charge in [-0.15, -0.1) is 11.3 Å². The van der Waals surface area contributed by atoms with Crippen molar-refractivity contribution in [2.24, 2.45) is 11.5 Å². The Balaban J connectivity index is 1.46. The summed E-state index contributed by atoms with van der Waals surface area (Å²) >= 11 is 7.87. The standard InChI is InChI=1S/C26H28ClN5O2S/c1-16(19-4-2-3-5-20(19)27)34-22-10-23(35-24(22)11-25(29)33)21-12-30-26-7-6-17(14-32(21)26)13-31-9-8-18(28)15-31/h2-7,10,12,14,16,18H,8-9,11,13,15,28H2,1H3,(H2,29,33)/t16-,18-/m1/s1. The number of amides is 1. The molecule has 4 heterocycles. The molecule has 0 unspecified atom stereocenters. The van der Waals surface area contributed by atoms with E-state index in [-0.39, 0.29) is 18.6 Å². The Bertz CT molecular complexity index is 1370. The summed E-state index contributed by atoms with van der Waals surface area (Å²) in [6.45, 7) is 4.72. The van der Waals surface area contributed by atoms with Crippen molar-refractivity contribution in [3.8, 4) is 16.3 Å². The van der Waals surface area contributed by atoms with E-state index in [1.165, 1.54) is 16.9 Å². The van der Waals surface area contributed by atoms with E-state index < -0.39 is 5.91 Å². The minimum Gasteiger partial charge on any atom is -0.485 e. The molecule has 1 amide bonds. The molecule has 1 fully saturated rings. The molecule has 2 atom stereocenters. The molecule has 5 rings (SSSR count). The highest BCUT2D eigenvalue weighted by Crippen LogP contribution is 2.39. The number of halogens is 1. The topological polar surface area (TPSA) is 98.9 Å². The second-order valence-electron chi connectivity index (χ2n) is 9.02. The molecule has 0 spiro atoms. The Kier molecular flexibility index (Phi) is 6.80. The van der Waals surface area contributed by atoms with Gasteiger partial charge >= 0.3 is 0 Å². The summed E-state index contributed by atoms with van der Waals surface area (Å²) in [7, 11) is 0. The third-order valence-corrected chi connectivity index (χ3v) is 7.77. The monoisotopic (exact) mass is 509 g/mol.